The smallest absolute Gasteiger partial charge is 0.328 e. The first-order chi connectivity index (χ1) is 12.5. The highest BCUT2D eigenvalue weighted by Crippen LogP contribution is 2.13. The number of furan rings is 1. The fraction of sp³-hybridized carbons (Fsp3) is 0.222. The van der Waals surface area contributed by atoms with E-state index in [0.717, 1.165) is 5.56 Å². The summed E-state index contributed by atoms with van der Waals surface area (Å²) in [6, 6.07) is 9.90. The van der Waals surface area contributed by atoms with Gasteiger partial charge < -0.3 is 19.7 Å². The van der Waals surface area contributed by atoms with Crippen LogP contribution in [0.4, 0.5) is 11.6 Å². The Morgan fingerprint density at radius 3 is 2.62 bits per heavy atom. The van der Waals surface area contributed by atoms with Gasteiger partial charge in [-0.2, -0.15) is 5.23 Å². The highest BCUT2D eigenvalue weighted by molar-refractivity contribution is 6.01. The van der Waals surface area contributed by atoms with Gasteiger partial charge in [0.2, 0.25) is 5.91 Å². The molecule has 1 amide bonds. The van der Waals surface area contributed by atoms with Gasteiger partial charge in [0.1, 0.15) is 5.76 Å². The molecular weight excluding hydrogens is 340 g/mol. The number of anilines is 1. The summed E-state index contributed by atoms with van der Waals surface area (Å²) in [6.07, 6.45) is 3.51. The summed E-state index contributed by atoms with van der Waals surface area (Å²) >= 11 is 0. The minimum atomic E-state index is -1.17. The van der Waals surface area contributed by atoms with Gasteiger partial charge in [-0.15, -0.1) is 0 Å². The molecule has 0 saturated carbocycles. The predicted molar refractivity (Wildman–Crippen MR) is 93.5 cm³/mol. The van der Waals surface area contributed by atoms with E-state index in [0.29, 0.717) is 25.1 Å². The molecule has 8 heteroatoms. The number of hydrogen-bond acceptors (Lipinski definition) is 6. The van der Waals surface area contributed by atoms with E-state index in [-0.39, 0.29) is 23.5 Å². The third-order valence-electron chi connectivity index (χ3n) is 3.38. The van der Waals surface area contributed by atoms with Crippen LogP contribution in [0.25, 0.3) is 6.08 Å². The maximum absolute atomic E-state index is 11.9. The number of benzene rings is 1. The molecule has 1 aromatic heterocycles. The Morgan fingerprint density at radius 2 is 2.00 bits per heavy atom. The second-order valence-electron chi connectivity index (χ2n) is 5.33. The Kier molecular flexibility index (Phi) is 7.10. The molecule has 8 nitrogen and oxygen atoms in total. The van der Waals surface area contributed by atoms with Crippen LogP contribution in [0.2, 0.25) is 0 Å². The SMILES string of the molecule is CCOC(=O)CCc1ccc(NC(=O)/C=C/c2ccc([NH+]([O-])O)o2)cc1. The third-order valence-corrected chi connectivity index (χ3v) is 3.38. The molecule has 0 aliphatic rings. The van der Waals surface area contributed by atoms with Gasteiger partial charge in [0.05, 0.1) is 6.61 Å². The Hall–Kier alpha value is -2.94. The molecule has 1 atom stereocenters. The van der Waals surface area contributed by atoms with Gasteiger partial charge in [0.15, 0.2) is 0 Å². The largest absolute Gasteiger partial charge is 0.592 e. The summed E-state index contributed by atoms with van der Waals surface area (Å²) in [5.74, 6) is -0.535. The van der Waals surface area contributed by atoms with Gasteiger partial charge >= 0.3 is 11.9 Å². The van der Waals surface area contributed by atoms with Gasteiger partial charge in [-0.05, 0) is 43.2 Å². The number of ether oxygens (including phenoxy) is 1. The van der Waals surface area contributed by atoms with Crippen LogP contribution in [0, 0.1) is 5.21 Å². The molecule has 0 bridgehead atoms. The van der Waals surface area contributed by atoms with E-state index in [1.165, 1.54) is 24.3 Å². The van der Waals surface area contributed by atoms with Crippen molar-refractivity contribution in [1.82, 2.24) is 0 Å². The van der Waals surface area contributed by atoms with Crippen LogP contribution < -0.4 is 10.5 Å². The van der Waals surface area contributed by atoms with E-state index in [4.69, 9.17) is 14.4 Å². The fourth-order valence-electron chi connectivity index (χ4n) is 2.13. The van der Waals surface area contributed by atoms with Gasteiger partial charge in [-0.3, -0.25) is 9.59 Å². The normalized spacial score (nSPS) is 12.1. The molecule has 0 aliphatic heterocycles. The van der Waals surface area contributed by atoms with Crippen molar-refractivity contribution in [2.24, 2.45) is 0 Å². The molecule has 2 rings (SSSR count). The van der Waals surface area contributed by atoms with Crippen molar-refractivity contribution in [1.29, 1.82) is 0 Å². The zero-order valence-corrected chi connectivity index (χ0v) is 14.2. The van der Waals surface area contributed by atoms with Crippen molar-refractivity contribution in [3.05, 3.63) is 59.0 Å². The Labute approximate surface area is 150 Å². The van der Waals surface area contributed by atoms with Crippen molar-refractivity contribution >= 4 is 29.5 Å². The molecule has 0 spiro atoms. The van der Waals surface area contributed by atoms with Gasteiger partial charge in [-0.1, -0.05) is 12.1 Å². The van der Waals surface area contributed by atoms with Gasteiger partial charge in [0, 0.05) is 24.3 Å². The van der Waals surface area contributed by atoms with E-state index in [2.05, 4.69) is 5.32 Å². The lowest BCUT2D eigenvalue weighted by molar-refractivity contribution is -0.997. The quantitative estimate of drug-likeness (QED) is 0.376. The average molecular weight is 360 g/mol. The number of nitrogens with one attached hydrogen (secondary N) is 2. The number of aryl methyl sites for hydroxylation is 1. The lowest BCUT2D eigenvalue weighted by Crippen LogP contribution is -2.99. The van der Waals surface area contributed by atoms with E-state index in [9.17, 15) is 14.8 Å². The van der Waals surface area contributed by atoms with Gasteiger partial charge in [-0.25, -0.2) is 5.21 Å². The van der Waals surface area contributed by atoms with Crippen molar-refractivity contribution < 1.29 is 29.2 Å². The van der Waals surface area contributed by atoms with E-state index >= 15 is 0 Å². The number of carbonyl (C=O) groups excluding carboxylic acids is 2. The van der Waals surface area contributed by atoms with Gasteiger partial charge in [0.25, 0.3) is 0 Å². The molecule has 0 saturated heterocycles. The first-order valence-corrected chi connectivity index (χ1v) is 8.04. The van der Waals surface area contributed by atoms with Crippen LogP contribution in [-0.4, -0.2) is 23.7 Å². The van der Waals surface area contributed by atoms with Crippen molar-refractivity contribution in [2.75, 3.05) is 11.9 Å². The fourth-order valence-corrected chi connectivity index (χ4v) is 2.13. The summed E-state index contributed by atoms with van der Waals surface area (Å²) in [4.78, 5) is 23.2. The van der Waals surface area contributed by atoms with Crippen LogP contribution in [-0.2, 0) is 20.7 Å². The van der Waals surface area contributed by atoms with Crippen LogP contribution in [0.5, 0.6) is 0 Å². The molecule has 1 aromatic carbocycles. The molecule has 3 N–H and O–H groups in total. The first kappa shape index (κ1) is 19.4. The summed E-state index contributed by atoms with van der Waals surface area (Å²) < 4.78 is 9.89. The number of amides is 1. The number of hydrogen-bond donors (Lipinski definition) is 3. The van der Waals surface area contributed by atoms with E-state index < -0.39 is 5.23 Å². The lowest BCUT2D eigenvalue weighted by Gasteiger charge is -2.06. The Morgan fingerprint density at radius 1 is 1.27 bits per heavy atom. The maximum atomic E-state index is 11.9. The predicted octanol–water partition coefficient (Wildman–Crippen LogP) is 1.83. The topological polar surface area (TPSA) is 116 Å². The second-order valence-corrected chi connectivity index (χ2v) is 5.33. The van der Waals surface area contributed by atoms with Crippen LogP contribution in [0.15, 0.2) is 46.9 Å². The summed E-state index contributed by atoms with van der Waals surface area (Å²) in [5.41, 5.74) is 1.56. The molecular formula is C18H20N2O6. The highest BCUT2D eigenvalue weighted by Gasteiger charge is 2.06. The number of rotatable bonds is 8. The summed E-state index contributed by atoms with van der Waals surface area (Å²) in [6.45, 7) is 2.13. The molecule has 1 unspecified atom stereocenters. The zero-order valence-electron chi connectivity index (χ0n) is 14.2. The lowest BCUT2D eigenvalue weighted by atomic mass is 10.1. The van der Waals surface area contributed by atoms with Crippen LogP contribution >= 0.6 is 0 Å². The number of carbonyl (C=O) groups is 2. The molecule has 2 aromatic rings. The molecule has 138 valence electrons. The number of esters is 1. The van der Waals surface area contributed by atoms with Crippen LogP contribution in [0.1, 0.15) is 24.7 Å². The molecule has 1 heterocycles. The first-order valence-electron chi connectivity index (χ1n) is 8.04. The minimum Gasteiger partial charge on any atom is -0.592 e. The minimum absolute atomic E-state index is 0.191. The van der Waals surface area contributed by atoms with Crippen molar-refractivity contribution in [3.63, 3.8) is 0 Å². The summed E-state index contributed by atoms with van der Waals surface area (Å²) in [7, 11) is 0. The molecule has 26 heavy (non-hydrogen) atoms. The zero-order chi connectivity index (χ0) is 18.9. The number of quaternary nitrogens is 1. The van der Waals surface area contributed by atoms with E-state index in [1.807, 2.05) is 12.1 Å². The molecule has 0 radical (unpaired) electrons. The maximum Gasteiger partial charge on any atom is 0.328 e. The standard InChI is InChI=1S/C18H20N2O6/c1-2-25-18(22)12-5-13-3-6-14(7-4-13)19-16(21)10-8-15-9-11-17(26-15)20(23)24/h3-4,6-11,20,23H,2,5,12H2,1H3,(H,19,21)/b10-8+. The average Bonchev–Trinajstić information content (AvgIpc) is 3.09. The third kappa shape index (κ3) is 6.17. The Balaban J connectivity index is 1.84. The van der Waals surface area contributed by atoms with Crippen molar-refractivity contribution in [3.8, 4) is 0 Å². The monoisotopic (exact) mass is 360 g/mol. The van der Waals surface area contributed by atoms with E-state index in [1.54, 1.807) is 19.1 Å². The highest BCUT2D eigenvalue weighted by atomic mass is 16.8. The molecule has 0 aliphatic carbocycles. The van der Waals surface area contributed by atoms with Crippen molar-refractivity contribution in [2.45, 2.75) is 19.8 Å². The summed E-state index contributed by atoms with van der Waals surface area (Å²) in [5, 5.41) is 21.0. The Bertz CT molecular complexity index is 764. The molecule has 0 fully saturated rings. The second kappa shape index (κ2) is 9.52. The van der Waals surface area contributed by atoms with Crippen LogP contribution in [0.3, 0.4) is 0 Å².